The number of piperazine rings is 1. The minimum Gasteiger partial charge on any atom is -0.372 e. The fraction of sp³-hybridized carbons (Fsp3) is 0.344. The van der Waals surface area contributed by atoms with E-state index >= 15 is 0 Å². The third-order valence-corrected chi connectivity index (χ3v) is 7.09. The van der Waals surface area contributed by atoms with Gasteiger partial charge in [0.1, 0.15) is 11.5 Å². The summed E-state index contributed by atoms with van der Waals surface area (Å²) in [7, 11) is 0. The van der Waals surface area contributed by atoms with Crippen molar-refractivity contribution in [3.63, 3.8) is 0 Å². The van der Waals surface area contributed by atoms with Crippen molar-refractivity contribution in [3.8, 4) is 33.6 Å². The first kappa shape index (κ1) is 26.9. The van der Waals surface area contributed by atoms with E-state index in [1.807, 2.05) is 42.7 Å². The minimum absolute atomic E-state index is 0.574. The molecule has 0 aliphatic carbocycles. The van der Waals surface area contributed by atoms with Gasteiger partial charge in [0.15, 0.2) is 0 Å². The third-order valence-electron chi connectivity index (χ3n) is 7.09. The summed E-state index contributed by atoms with van der Waals surface area (Å²) in [5.41, 5.74) is 5.81. The second-order valence-corrected chi connectivity index (χ2v) is 11.1. The summed E-state index contributed by atoms with van der Waals surface area (Å²) in [5.74, 6) is 0.574. The van der Waals surface area contributed by atoms with E-state index in [1.165, 1.54) is 5.56 Å². The van der Waals surface area contributed by atoms with Crippen LogP contribution in [-0.2, 0) is 6.54 Å². The number of aliphatic hydroxyl groups is 1. The number of nitrogens with one attached hydrogen (secondary N) is 1. The number of anilines is 1. The van der Waals surface area contributed by atoms with Crippen LogP contribution in [0.2, 0.25) is 0 Å². The van der Waals surface area contributed by atoms with Gasteiger partial charge in [-0.15, -0.1) is 0 Å². The van der Waals surface area contributed by atoms with Crippen LogP contribution in [0.1, 0.15) is 33.3 Å². The van der Waals surface area contributed by atoms with E-state index in [0.29, 0.717) is 11.9 Å². The molecule has 0 radical (unpaired) electrons. The molecule has 0 unspecified atom stereocenters. The Kier molecular flexibility index (Phi) is 8.02. The number of hydrogen-bond acceptors (Lipinski definition) is 7. The summed E-state index contributed by atoms with van der Waals surface area (Å²) >= 11 is 0. The van der Waals surface area contributed by atoms with Crippen molar-refractivity contribution in [1.82, 2.24) is 24.8 Å². The molecule has 202 valence electrons. The van der Waals surface area contributed by atoms with Crippen molar-refractivity contribution in [2.24, 2.45) is 0 Å². The van der Waals surface area contributed by atoms with Gasteiger partial charge in [-0.2, -0.15) is 0 Å². The predicted molar refractivity (Wildman–Crippen MR) is 158 cm³/mol. The Balaban J connectivity index is 1.37. The zero-order valence-corrected chi connectivity index (χ0v) is 23.3. The molecular weight excluding hydrogens is 484 g/mol. The number of nitrogens with zero attached hydrogens (tertiary/aromatic N) is 5. The number of aromatic nitrogens is 3. The molecular formula is C32H38N6O. The molecule has 39 heavy (non-hydrogen) atoms. The third kappa shape index (κ3) is 7.06. The summed E-state index contributed by atoms with van der Waals surface area (Å²) in [5, 5.41) is 13.4. The minimum atomic E-state index is -1.11. The SMILES string of the molecule is CC(C)N1CCN(Cc2ccc(-c3cncc(-c4cc(NC(C)(C)O)nc(-c5ccccn5)c4)c3)cc2)CC1. The molecule has 1 aliphatic rings. The van der Waals surface area contributed by atoms with E-state index < -0.39 is 5.72 Å². The predicted octanol–water partition coefficient (Wildman–Crippen LogP) is 5.54. The van der Waals surface area contributed by atoms with Gasteiger partial charge in [0.25, 0.3) is 0 Å². The lowest BCUT2D eigenvalue weighted by molar-refractivity contribution is 0.104. The molecule has 0 spiro atoms. The fourth-order valence-electron chi connectivity index (χ4n) is 4.97. The largest absolute Gasteiger partial charge is 0.372 e. The van der Waals surface area contributed by atoms with Gasteiger partial charge in [-0.05, 0) is 74.7 Å². The van der Waals surface area contributed by atoms with Crippen LogP contribution >= 0.6 is 0 Å². The molecule has 0 atom stereocenters. The van der Waals surface area contributed by atoms with E-state index in [4.69, 9.17) is 4.98 Å². The molecule has 0 saturated carbocycles. The van der Waals surface area contributed by atoms with Crippen molar-refractivity contribution >= 4 is 5.82 Å². The first-order chi connectivity index (χ1) is 18.7. The van der Waals surface area contributed by atoms with Crippen LogP contribution in [0.3, 0.4) is 0 Å². The summed E-state index contributed by atoms with van der Waals surface area (Å²) in [6, 6.07) is 21.3. The lowest BCUT2D eigenvalue weighted by Crippen LogP contribution is -2.48. The van der Waals surface area contributed by atoms with E-state index in [-0.39, 0.29) is 0 Å². The maximum atomic E-state index is 10.4. The molecule has 0 bridgehead atoms. The fourth-order valence-corrected chi connectivity index (χ4v) is 4.97. The van der Waals surface area contributed by atoms with E-state index in [0.717, 1.165) is 66.4 Å². The van der Waals surface area contributed by atoms with Gasteiger partial charge in [-0.1, -0.05) is 30.3 Å². The van der Waals surface area contributed by atoms with Crippen LogP contribution in [0.5, 0.6) is 0 Å². The van der Waals surface area contributed by atoms with Gasteiger partial charge in [-0.3, -0.25) is 19.8 Å². The second kappa shape index (κ2) is 11.6. The Bertz CT molecular complexity index is 1370. The first-order valence-corrected chi connectivity index (χ1v) is 13.7. The van der Waals surface area contributed by atoms with Crippen LogP contribution < -0.4 is 5.32 Å². The lowest BCUT2D eigenvalue weighted by Gasteiger charge is -2.36. The Labute approximate surface area is 231 Å². The lowest BCUT2D eigenvalue weighted by atomic mass is 10.0. The molecule has 1 aliphatic heterocycles. The van der Waals surface area contributed by atoms with Crippen molar-refractivity contribution < 1.29 is 5.11 Å². The Hall–Kier alpha value is -3.65. The number of benzene rings is 1. The van der Waals surface area contributed by atoms with Gasteiger partial charge < -0.3 is 10.4 Å². The average Bonchev–Trinajstić information content (AvgIpc) is 2.93. The molecule has 3 aromatic heterocycles. The smallest absolute Gasteiger partial charge is 0.130 e. The zero-order chi connectivity index (χ0) is 27.4. The van der Waals surface area contributed by atoms with Crippen molar-refractivity contribution in [2.75, 3.05) is 31.5 Å². The zero-order valence-electron chi connectivity index (χ0n) is 23.3. The maximum absolute atomic E-state index is 10.4. The monoisotopic (exact) mass is 522 g/mol. The van der Waals surface area contributed by atoms with Crippen LogP contribution in [-0.4, -0.2) is 67.8 Å². The Morgan fingerprint density at radius 1 is 0.846 bits per heavy atom. The maximum Gasteiger partial charge on any atom is 0.130 e. The normalized spacial score (nSPS) is 15.0. The average molecular weight is 523 g/mol. The van der Waals surface area contributed by atoms with Crippen LogP contribution in [0.15, 0.2) is 79.3 Å². The van der Waals surface area contributed by atoms with Crippen LogP contribution in [0.25, 0.3) is 33.6 Å². The quantitative estimate of drug-likeness (QED) is 0.294. The molecule has 4 aromatic rings. The molecule has 1 aromatic carbocycles. The first-order valence-electron chi connectivity index (χ1n) is 13.7. The number of rotatable bonds is 8. The summed E-state index contributed by atoms with van der Waals surface area (Å²) in [4.78, 5) is 18.8. The summed E-state index contributed by atoms with van der Waals surface area (Å²) < 4.78 is 0. The van der Waals surface area contributed by atoms with Crippen molar-refractivity contribution in [3.05, 3.63) is 84.8 Å². The van der Waals surface area contributed by atoms with E-state index in [9.17, 15) is 5.11 Å². The molecule has 1 saturated heterocycles. The highest BCUT2D eigenvalue weighted by molar-refractivity contribution is 5.76. The van der Waals surface area contributed by atoms with Gasteiger partial charge >= 0.3 is 0 Å². The van der Waals surface area contributed by atoms with E-state index in [2.05, 4.69) is 69.3 Å². The highest BCUT2D eigenvalue weighted by Crippen LogP contribution is 2.30. The standard InChI is InChI=1S/C32H38N6O/c1-23(2)38-15-13-37(14-16-38)22-24-8-10-25(11-9-24)27-17-28(21-33-20-27)26-18-30(29-7-5-6-12-34-29)35-31(19-26)36-32(3,4)39/h5-12,17-21,23,39H,13-16,22H2,1-4H3,(H,35,36). The highest BCUT2D eigenvalue weighted by Gasteiger charge is 2.19. The van der Waals surface area contributed by atoms with Gasteiger partial charge in [0.05, 0.1) is 11.4 Å². The molecule has 2 N–H and O–H groups in total. The molecule has 1 fully saturated rings. The van der Waals surface area contributed by atoms with Crippen molar-refractivity contribution in [1.29, 1.82) is 0 Å². The molecule has 0 amide bonds. The molecule has 7 nitrogen and oxygen atoms in total. The topological polar surface area (TPSA) is 77.4 Å². The molecule has 4 heterocycles. The highest BCUT2D eigenvalue weighted by atomic mass is 16.3. The molecule has 5 rings (SSSR count). The number of pyridine rings is 3. The molecule has 7 heteroatoms. The Morgan fingerprint density at radius 3 is 2.21 bits per heavy atom. The van der Waals surface area contributed by atoms with Gasteiger partial charge in [-0.25, -0.2) is 4.98 Å². The van der Waals surface area contributed by atoms with Crippen LogP contribution in [0.4, 0.5) is 5.82 Å². The van der Waals surface area contributed by atoms with Gasteiger partial charge in [0.2, 0.25) is 0 Å². The second-order valence-electron chi connectivity index (χ2n) is 11.1. The number of hydrogen-bond donors (Lipinski definition) is 2. The van der Waals surface area contributed by atoms with Gasteiger partial charge in [0, 0.05) is 68.5 Å². The summed E-state index contributed by atoms with van der Waals surface area (Å²) in [6.07, 6.45) is 5.52. The van der Waals surface area contributed by atoms with E-state index in [1.54, 1.807) is 20.0 Å². The summed E-state index contributed by atoms with van der Waals surface area (Å²) in [6.45, 7) is 13.4. The van der Waals surface area contributed by atoms with Crippen molar-refractivity contribution in [2.45, 2.75) is 46.0 Å². The Morgan fingerprint density at radius 2 is 1.56 bits per heavy atom. The van der Waals surface area contributed by atoms with Crippen LogP contribution in [0, 0.1) is 0 Å².